The summed E-state index contributed by atoms with van der Waals surface area (Å²) in [6.45, 7) is 1.89. The SMILES string of the molecule is CNc1nc(-c2ccc(F)c(Cl)c2)c(C(C)N)s1. The lowest BCUT2D eigenvalue weighted by Crippen LogP contribution is -2.04. The van der Waals surface area contributed by atoms with Crippen LogP contribution in [0.15, 0.2) is 18.2 Å². The van der Waals surface area contributed by atoms with Crippen molar-refractivity contribution in [1.29, 1.82) is 0 Å². The summed E-state index contributed by atoms with van der Waals surface area (Å²) in [5.41, 5.74) is 7.44. The van der Waals surface area contributed by atoms with Gasteiger partial charge in [-0.25, -0.2) is 9.37 Å². The molecule has 1 aromatic heterocycles. The van der Waals surface area contributed by atoms with Crippen molar-refractivity contribution in [3.05, 3.63) is 33.9 Å². The van der Waals surface area contributed by atoms with Crippen molar-refractivity contribution in [3.8, 4) is 11.3 Å². The van der Waals surface area contributed by atoms with Gasteiger partial charge in [0.05, 0.1) is 15.6 Å². The van der Waals surface area contributed by atoms with Gasteiger partial charge in [0.2, 0.25) is 0 Å². The molecule has 2 rings (SSSR count). The van der Waals surface area contributed by atoms with Crippen LogP contribution in [0.25, 0.3) is 11.3 Å². The molecule has 0 fully saturated rings. The molecule has 0 aliphatic rings. The van der Waals surface area contributed by atoms with Crippen LogP contribution < -0.4 is 11.1 Å². The van der Waals surface area contributed by atoms with E-state index in [2.05, 4.69) is 10.3 Å². The van der Waals surface area contributed by atoms with Crippen LogP contribution >= 0.6 is 22.9 Å². The molecule has 0 amide bonds. The molecule has 0 spiro atoms. The topological polar surface area (TPSA) is 50.9 Å². The zero-order chi connectivity index (χ0) is 13.3. The van der Waals surface area contributed by atoms with Crippen molar-refractivity contribution in [2.24, 2.45) is 5.73 Å². The number of nitrogens with zero attached hydrogens (tertiary/aromatic N) is 1. The molecule has 0 radical (unpaired) electrons. The third-order valence-electron chi connectivity index (χ3n) is 2.47. The molecule has 0 aliphatic carbocycles. The summed E-state index contributed by atoms with van der Waals surface area (Å²) >= 11 is 7.28. The molecule has 0 saturated heterocycles. The number of halogens is 2. The normalized spacial score (nSPS) is 12.5. The van der Waals surface area contributed by atoms with Crippen molar-refractivity contribution >= 4 is 28.1 Å². The molecule has 1 heterocycles. The number of hydrogen-bond acceptors (Lipinski definition) is 4. The van der Waals surface area contributed by atoms with Crippen molar-refractivity contribution in [3.63, 3.8) is 0 Å². The number of benzene rings is 1. The van der Waals surface area contributed by atoms with E-state index in [1.807, 2.05) is 6.92 Å². The van der Waals surface area contributed by atoms with Gasteiger partial charge in [-0.15, -0.1) is 0 Å². The predicted octanol–water partition coefficient (Wildman–Crippen LogP) is 3.66. The fourth-order valence-corrected chi connectivity index (χ4v) is 2.67. The van der Waals surface area contributed by atoms with Crippen LogP contribution in [0.5, 0.6) is 0 Å². The number of anilines is 1. The Kier molecular flexibility index (Phi) is 3.85. The molecule has 1 unspecified atom stereocenters. The van der Waals surface area contributed by atoms with Gasteiger partial charge in [0, 0.05) is 18.7 Å². The Morgan fingerprint density at radius 2 is 2.22 bits per heavy atom. The molecule has 3 nitrogen and oxygen atoms in total. The van der Waals surface area contributed by atoms with Crippen LogP contribution in [0.1, 0.15) is 17.8 Å². The highest BCUT2D eigenvalue weighted by molar-refractivity contribution is 7.16. The second kappa shape index (κ2) is 5.22. The quantitative estimate of drug-likeness (QED) is 0.905. The highest BCUT2D eigenvalue weighted by Gasteiger charge is 2.16. The first kappa shape index (κ1) is 13.3. The van der Waals surface area contributed by atoms with E-state index >= 15 is 0 Å². The van der Waals surface area contributed by atoms with Gasteiger partial charge >= 0.3 is 0 Å². The van der Waals surface area contributed by atoms with Gasteiger partial charge in [-0.05, 0) is 25.1 Å². The molecular weight excluding hydrogens is 273 g/mol. The maximum Gasteiger partial charge on any atom is 0.183 e. The molecule has 0 saturated carbocycles. The van der Waals surface area contributed by atoms with E-state index in [1.54, 1.807) is 19.2 Å². The van der Waals surface area contributed by atoms with E-state index in [0.717, 1.165) is 21.3 Å². The Morgan fingerprint density at radius 3 is 2.78 bits per heavy atom. The standard InChI is InChI=1S/C12H13ClFN3S/c1-6(15)11-10(17-12(16-2)18-11)7-3-4-9(14)8(13)5-7/h3-6H,15H2,1-2H3,(H,16,17). The van der Waals surface area contributed by atoms with Gasteiger partial charge < -0.3 is 11.1 Å². The first-order valence-electron chi connectivity index (χ1n) is 5.42. The van der Waals surface area contributed by atoms with Crippen LogP contribution in [-0.4, -0.2) is 12.0 Å². The summed E-state index contributed by atoms with van der Waals surface area (Å²) in [5, 5.41) is 3.84. The molecule has 18 heavy (non-hydrogen) atoms. The van der Waals surface area contributed by atoms with Crippen molar-refractivity contribution < 1.29 is 4.39 Å². The minimum atomic E-state index is -0.438. The second-order valence-electron chi connectivity index (χ2n) is 3.90. The number of nitrogens with two attached hydrogens (primary N) is 1. The third-order valence-corrected chi connectivity index (χ3v) is 4.04. The Balaban J connectivity index is 2.54. The largest absolute Gasteiger partial charge is 0.365 e. The number of thiazole rings is 1. The van der Waals surface area contributed by atoms with Gasteiger partial charge in [0.25, 0.3) is 0 Å². The number of hydrogen-bond donors (Lipinski definition) is 2. The van der Waals surface area contributed by atoms with Crippen LogP contribution in [0.3, 0.4) is 0 Å². The van der Waals surface area contributed by atoms with Gasteiger partial charge in [0.15, 0.2) is 5.13 Å². The Morgan fingerprint density at radius 1 is 1.50 bits per heavy atom. The molecule has 3 N–H and O–H groups in total. The van der Waals surface area contributed by atoms with E-state index in [4.69, 9.17) is 17.3 Å². The minimum Gasteiger partial charge on any atom is -0.365 e. The molecule has 2 aromatic rings. The zero-order valence-electron chi connectivity index (χ0n) is 10.00. The average molecular weight is 286 g/mol. The lowest BCUT2D eigenvalue weighted by Gasteiger charge is -2.06. The maximum atomic E-state index is 13.2. The van der Waals surface area contributed by atoms with E-state index in [9.17, 15) is 4.39 Å². The summed E-state index contributed by atoms with van der Waals surface area (Å²) in [7, 11) is 1.80. The molecule has 96 valence electrons. The van der Waals surface area contributed by atoms with Crippen LogP contribution in [0.4, 0.5) is 9.52 Å². The molecule has 6 heteroatoms. The fourth-order valence-electron chi connectivity index (χ4n) is 1.60. The summed E-state index contributed by atoms with van der Waals surface area (Å²) < 4.78 is 13.2. The van der Waals surface area contributed by atoms with E-state index in [-0.39, 0.29) is 11.1 Å². The first-order chi connectivity index (χ1) is 8.52. The summed E-state index contributed by atoms with van der Waals surface area (Å²) in [6.07, 6.45) is 0. The lowest BCUT2D eigenvalue weighted by molar-refractivity contribution is 0.628. The van der Waals surface area contributed by atoms with Crippen molar-refractivity contribution in [1.82, 2.24) is 4.98 Å². The molecule has 0 aliphatic heterocycles. The maximum absolute atomic E-state index is 13.2. The van der Waals surface area contributed by atoms with Gasteiger partial charge in [0.1, 0.15) is 5.82 Å². The van der Waals surface area contributed by atoms with Crippen LogP contribution in [-0.2, 0) is 0 Å². The zero-order valence-corrected chi connectivity index (χ0v) is 11.6. The second-order valence-corrected chi connectivity index (χ2v) is 5.34. The lowest BCUT2D eigenvalue weighted by atomic mass is 10.1. The average Bonchev–Trinajstić information content (AvgIpc) is 2.77. The summed E-state index contributed by atoms with van der Waals surface area (Å²) in [4.78, 5) is 5.38. The highest BCUT2D eigenvalue weighted by atomic mass is 35.5. The van der Waals surface area contributed by atoms with Gasteiger partial charge in [-0.1, -0.05) is 22.9 Å². The molecule has 0 bridgehead atoms. The Bertz CT molecular complexity index is 568. The monoisotopic (exact) mass is 285 g/mol. The Hall–Kier alpha value is -1.17. The molecular formula is C12H13ClFN3S. The van der Waals surface area contributed by atoms with E-state index in [0.29, 0.717) is 0 Å². The summed E-state index contributed by atoms with van der Waals surface area (Å²) in [5.74, 6) is -0.438. The Labute approximate surface area is 114 Å². The smallest absolute Gasteiger partial charge is 0.183 e. The number of aromatic nitrogens is 1. The molecule has 1 atom stereocenters. The van der Waals surface area contributed by atoms with Gasteiger partial charge in [-0.3, -0.25) is 0 Å². The predicted molar refractivity (Wildman–Crippen MR) is 74.7 cm³/mol. The third kappa shape index (κ3) is 2.48. The van der Waals surface area contributed by atoms with Crippen LogP contribution in [0, 0.1) is 5.82 Å². The van der Waals surface area contributed by atoms with E-state index in [1.165, 1.54) is 17.4 Å². The number of rotatable bonds is 3. The highest BCUT2D eigenvalue weighted by Crippen LogP contribution is 2.35. The fraction of sp³-hybridized carbons (Fsp3) is 0.250. The van der Waals surface area contributed by atoms with Crippen molar-refractivity contribution in [2.75, 3.05) is 12.4 Å². The van der Waals surface area contributed by atoms with Crippen LogP contribution in [0.2, 0.25) is 5.02 Å². The van der Waals surface area contributed by atoms with E-state index < -0.39 is 5.82 Å². The number of nitrogens with one attached hydrogen (secondary N) is 1. The molecule has 1 aromatic carbocycles. The van der Waals surface area contributed by atoms with Gasteiger partial charge in [-0.2, -0.15) is 0 Å². The minimum absolute atomic E-state index is 0.0853. The summed E-state index contributed by atoms with van der Waals surface area (Å²) in [6, 6.07) is 4.42. The van der Waals surface area contributed by atoms with Crippen molar-refractivity contribution in [2.45, 2.75) is 13.0 Å². The first-order valence-corrected chi connectivity index (χ1v) is 6.62.